The molecule has 40 heavy (non-hydrogen) atoms. The van der Waals surface area contributed by atoms with Gasteiger partial charge >= 0.3 is 23.9 Å². The van der Waals surface area contributed by atoms with Gasteiger partial charge in [-0.15, -0.1) is 22.7 Å². The first-order valence-electron chi connectivity index (χ1n) is 11.8. The van der Waals surface area contributed by atoms with Crippen molar-refractivity contribution in [3.05, 3.63) is 94.4 Å². The van der Waals surface area contributed by atoms with Gasteiger partial charge in [-0.3, -0.25) is 0 Å². The van der Waals surface area contributed by atoms with E-state index in [9.17, 15) is 19.2 Å². The first-order valence-corrected chi connectivity index (χ1v) is 13.6. The molecule has 210 valence electrons. The number of ether oxygens (including phenoxy) is 6. The highest BCUT2D eigenvalue weighted by molar-refractivity contribution is 7.12. The highest BCUT2D eigenvalue weighted by atomic mass is 32.1. The first kappa shape index (κ1) is 30.1. The zero-order valence-electron chi connectivity index (χ0n) is 21.2. The Hall–Kier alpha value is -4.42. The van der Waals surface area contributed by atoms with Gasteiger partial charge in [0.05, 0.1) is 0 Å². The molecule has 2 aromatic heterocycles. The average Bonchev–Trinajstić information content (AvgIpc) is 3.71. The summed E-state index contributed by atoms with van der Waals surface area (Å²) in [6, 6.07) is 13.2. The number of carbonyl (C=O) groups excluding carboxylic acids is 4. The zero-order chi connectivity index (χ0) is 28.7. The van der Waals surface area contributed by atoms with Gasteiger partial charge in [0.25, 0.3) is 0 Å². The molecule has 0 saturated carbocycles. The van der Waals surface area contributed by atoms with E-state index in [1.54, 1.807) is 59.3 Å². The fraction of sp³-hybridized carbons (Fsp3) is 0.214. The van der Waals surface area contributed by atoms with Gasteiger partial charge in [0.1, 0.15) is 47.7 Å². The quantitative estimate of drug-likeness (QED) is 0.135. The van der Waals surface area contributed by atoms with E-state index >= 15 is 0 Å². The molecule has 0 bridgehead atoms. The minimum Gasteiger partial charge on any atom is -0.489 e. The zero-order valence-corrected chi connectivity index (χ0v) is 22.9. The molecule has 0 N–H and O–H groups in total. The molecular weight excluding hydrogens is 560 g/mol. The number of esters is 4. The van der Waals surface area contributed by atoms with E-state index in [1.165, 1.54) is 22.7 Å². The van der Waals surface area contributed by atoms with Crippen LogP contribution in [-0.2, 0) is 28.5 Å². The summed E-state index contributed by atoms with van der Waals surface area (Å²) in [4.78, 5) is 48.6. The molecular formula is C28H26O10S2. The van der Waals surface area contributed by atoms with Crippen molar-refractivity contribution in [2.24, 2.45) is 0 Å². The maximum Gasteiger partial charge on any atom is 0.348 e. The van der Waals surface area contributed by atoms with Crippen molar-refractivity contribution in [2.45, 2.75) is 12.2 Å². The van der Waals surface area contributed by atoms with Crippen LogP contribution in [-0.4, -0.2) is 62.5 Å². The van der Waals surface area contributed by atoms with E-state index in [2.05, 4.69) is 13.2 Å². The number of benzene rings is 1. The van der Waals surface area contributed by atoms with Crippen LogP contribution in [0.1, 0.15) is 19.3 Å². The monoisotopic (exact) mass is 586 g/mol. The number of rotatable bonds is 16. The maximum atomic E-state index is 12.1. The highest BCUT2D eigenvalue weighted by Gasteiger charge is 2.20. The van der Waals surface area contributed by atoms with Crippen LogP contribution in [0.4, 0.5) is 0 Å². The molecule has 12 heteroatoms. The molecule has 0 fully saturated rings. The van der Waals surface area contributed by atoms with Crippen molar-refractivity contribution in [1.29, 1.82) is 0 Å². The Bertz CT molecular complexity index is 1190. The van der Waals surface area contributed by atoms with Crippen LogP contribution in [0.3, 0.4) is 0 Å². The van der Waals surface area contributed by atoms with Crippen molar-refractivity contribution in [1.82, 2.24) is 0 Å². The largest absolute Gasteiger partial charge is 0.489 e. The SMILES string of the molecule is C=CC(=O)OC(COC(=O)c1cccs1)COc1cccc(OCC(COC(=O)c2cccs2)OC(=O)C=C)c1. The third-order valence-corrected chi connectivity index (χ3v) is 6.52. The minimum atomic E-state index is -0.903. The molecule has 2 unspecified atom stereocenters. The Morgan fingerprint density at radius 1 is 0.675 bits per heavy atom. The van der Waals surface area contributed by atoms with E-state index < -0.39 is 36.1 Å². The van der Waals surface area contributed by atoms with E-state index in [0.29, 0.717) is 21.3 Å². The normalized spacial score (nSPS) is 11.8. The summed E-state index contributed by atoms with van der Waals surface area (Å²) >= 11 is 2.45. The van der Waals surface area contributed by atoms with Gasteiger partial charge in [-0.25, -0.2) is 19.2 Å². The third kappa shape index (κ3) is 10.0. The van der Waals surface area contributed by atoms with Gasteiger partial charge in [-0.05, 0) is 35.0 Å². The first-order chi connectivity index (χ1) is 19.4. The van der Waals surface area contributed by atoms with Crippen molar-refractivity contribution in [3.8, 4) is 11.5 Å². The molecule has 3 aromatic rings. The van der Waals surface area contributed by atoms with Crippen molar-refractivity contribution in [2.75, 3.05) is 26.4 Å². The molecule has 0 saturated heterocycles. The molecule has 0 aliphatic rings. The van der Waals surface area contributed by atoms with Crippen molar-refractivity contribution < 1.29 is 47.6 Å². The maximum absolute atomic E-state index is 12.1. The number of hydrogen-bond donors (Lipinski definition) is 0. The molecule has 2 atom stereocenters. The van der Waals surface area contributed by atoms with Crippen molar-refractivity contribution in [3.63, 3.8) is 0 Å². The number of thiophene rings is 2. The molecule has 10 nitrogen and oxygen atoms in total. The van der Waals surface area contributed by atoms with Crippen LogP contribution in [0.2, 0.25) is 0 Å². The summed E-state index contributed by atoms with van der Waals surface area (Å²) in [7, 11) is 0. The minimum absolute atomic E-state index is 0.126. The van der Waals surface area contributed by atoms with Gasteiger partial charge in [-0.1, -0.05) is 31.4 Å². The molecule has 2 heterocycles. The van der Waals surface area contributed by atoms with Gasteiger partial charge in [-0.2, -0.15) is 0 Å². The Morgan fingerprint density at radius 3 is 1.50 bits per heavy atom. The third-order valence-electron chi connectivity index (χ3n) is 4.82. The lowest BCUT2D eigenvalue weighted by Crippen LogP contribution is -2.30. The molecule has 0 amide bonds. The summed E-state index contributed by atoms with van der Waals surface area (Å²) in [5.41, 5.74) is 0. The molecule has 3 rings (SSSR count). The lowest BCUT2D eigenvalue weighted by atomic mass is 10.3. The Morgan fingerprint density at radius 2 is 1.12 bits per heavy atom. The molecule has 1 aromatic carbocycles. The van der Waals surface area contributed by atoms with Gasteiger partial charge in [0.2, 0.25) is 0 Å². The lowest BCUT2D eigenvalue weighted by Gasteiger charge is -2.19. The standard InChI is InChI=1S/C28H26O10S2/c1-3-25(29)37-21(17-35-27(31)23-10-6-12-39-23)15-33-19-8-5-9-20(14-19)34-16-22(38-26(30)4-2)18-36-28(32)24-11-7-13-40-24/h3-14,21-22H,1-2,15-18H2. The van der Waals surface area contributed by atoms with Crippen LogP contribution < -0.4 is 9.47 Å². The lowest BCUT2D eigenvalue weighted by molar-refractivity contribution is -0.147. The number of hydrogen-bond acceptors (Lipinski definition) is 12. The number of carbonyl (C=O) groups is 4. The van der Waals surface area contributed by atoms with E-state index in [0.717, 1.165) is 12.2 Å². The van der Waals surface area contributed by atoms with E-state index in [-0.39, 0.29) is 26.4 Å². The van der Waals surface area contributed by atoms with E-state index in [4.69, 9.17) is 28.4 Å². The van der Waals surface area contributed by atoms with Gasteiger partial charge in [0, 0.05) is 18.2 Å². The summed E-state index contributed by atoms with van der Waals surface area (Å²) in [6.07, 6.45) is 0.186. The Balaban J connectivity index is 1.55. The van der Waals surface area contributed by atoms with Crippen LogP contribution in [0.25, 0.3) is 0 Å². The smallest absolute Gasteiger partial charge is 0.348 e. The summed E-state index contributed by atoms with van der Waals surface area (Å²) in [5.74, 6) is -1.75. The Kier molecular flexibility index (Phi) is 11.9. The fourth-order valence-corrected chi connectivity index (χ4v) is 4.19. The highest BCUT2D eigenvalue weighted by Crippen LogP contribution is 2.21. The second-order valence-corrected chi connectivity index (χ2v) is 9.67. The fourth-order valence-electron chi connectivity index (χ4n) is 2.96. The summed E-state index contributed by atoms with van der Waals surface area (Å²) < 4.78 is 32.4. The van der Waals surface area contributed by atoms with E-state index in [1.807, 2.05) is 0 Å². The summed E-state index contributed by atoms with van der Waals surface area (Å²) in [5, 5.41) is 3.49. The molecule has 0 aliphatic carbocycles. The van der Waals surface area contributed by atoms with Crippen molar-refractivity contribution >= 4 is 46.6 Å². The van der Waals surface area contributed by atoms with Crippen LogP contribution in [0, 0.1) is 0 Å². The topological polar surface area (TPSA) is 124 Å². The molecule has 0 radical (unpaired) electrons. The summed E-state index contributed by atoms with van der Waals surface area (Å²) in [6.45, 7) is 6.03. The average molecular weight is 587 g/mol. The van der Waals surface area contributed by atoms with Crippen LogP contribution in [0.15, 0.2) is 84.6 Å². The van der Waals surface area contributed by atoms with Crippen LogP contribution in [0.5, 0.6) is 11.5 Å². The predicted octanol–water partition coefficient (Wildman–Crippen LogP) is 4.48. The van der Waals surface area contributed by atoms with Crippen LogP contribution >= 0.6 is 22.7 Å². The Labute approximate surface area is 238 Å². The second-order valence-electron chi connectivity index (χ2n) is 7.77. The molecule has 0 aliphatic heterocycles. The second kappa shape index (κ2) is 15.9. The predicted molar refractivity (Wildman–Crippen MR) is 147 cm³/mol. The molecule has 0 spiro atoms. The van der Waals surface area contributed by atoms with Gasteiger partial charge in [0.15, 0.2) is 12.2 Å². The van der Waals surface area contributed by atoms with Gasteiger partial charge < -0.3 is 28.4 Å².